The van der Waals surface area contributed by atoms with Crippen LogP contribution in [0.4, 0.5) is 0 Å². The molecule has 0 amide bonds. The number of carbonyl (C=O) groups is 5. The van der Waals surface area contributed by atoms with Crippen molar-refractivity contribution in [2.24, 2.45) is 39.9 Å². The molecule has 2 saturated carbocycles. The molecule has 42 heavy (non-hydrogen) atoms. The van der Waals surface area contributed by atoms with Crippen LogP contribution < -0.4 is 0 Å². The van der Waals surface area contributed by atoms with Gasteiger partial charge in [-0.2, -0.15) is 0 Å². The maximum atomic E-state index is 14.4. The SMILES string of the molecule is C/C=C(\C)C(=O)O[C@@H]1[C@@H]2C=C3[C@@H]4CC(=O)O[C@@H](C5=C[C@@H](O)OC5=O)[C@]4(C)CC[C@@H]3[C@@](C)(C2=O)[C@@H](CC(=O)OC)C1(C)C. The van der Waals surface area contributed by atoms with Gasteiger partial charge in [-0.3, -0.25) is 14.4 Å². The summed E-state index contributed by atoms with van der Waals surface area (Å²) in [4.78, 5) is 66.0. The number of ketones is 1. The Morgan fingerprint density at radius 2 is 1.79 bits per heavy atom. The topological polar surface area (TPSA) is 142 Å². The van der Waals surface area contributed by atoms with Crippen LogP contribution in [0.1, 0.15) is 67.2 Å². The van der Waals surface area contributed by atoms with Crippen molar-refractivity contribution in [3.05, 3.63) is 34.9 Å². The van der Waals surface area contributed by atoms with Crippen LogP contribution in [0.2, 0.25) is 0 Å². The van der Waals surface area contributed by atoms with E-state index in [2.05, 4.69) is 0 Å². The van der Waals surface area contributed by atoms with Gasteiger partial charge in [-0.1, -0.05) is 45.4 Å². The van der Waals surface area contributed by atoms with Crippen LogP contribution in [-0.4, -0.2) is 60.4 Å². The van der Waals surface area contributed by atoms with Gasteiger partial charge >= 0.3 is 23.9 Å². The number of aliphatic hydroxyl groups excluding tert-OH is 1. The average Bonchev–Trinajstić information content (AvgIpc) is 3.27. The van der Waals surface area contributed by atoms with Crippen molar-refractivity contribution in [3.8, 4) is 0 Å². The molecule has 0 radical (unpaired) electrons. The van der Waals surface area contributed by atoms with E-state index in [0.717, 1.165) is 5.57 Å². The van der Waals surface area contributed by atoms with E-state index in [4.69, 9.17) is 18.9 Å². The zero-order chi connectivity index (χ0) is 30.9. The fraction of sp³-hybridized carbons (Fsp3) is 0.656. The minimum Gasteiger partial charge on any atom is -0.469 e. The first-order valence-electron chi connectivity index (χ1n) is 14.6. The van der Waals surface area contributed by atoms with Crippen LogP contribution in [-0.2, 0) is 42.9 Å². The van der Waals surface area contributed by atoms with E-state index < -0.39 is 76.4 Å². The Kier molecular flexibility index (Phi) is 7.32. The fourth-order valence-electron chi connectivity index (χ4n) is 8.65. The first-order chi connectivity index (χ1) is 19.6. The van der Waals surface area contributed by atoms with Crippen molar-refractivity contribution in [3.63, 3.8) is 0 Å². The first-order valence-corrected chi connectivity index (χ1v) is 14.6. The van der Waals surface area contributed by atoms with Crippen LogP contribution in [0.25, 0.3) is 0 Å². The molecule has 228 valence electrons. The molecule has 3 fully saturated rings. The first kappa shape index (κ1) is 30.2. The third-order valence-electron chi connectivity index (χ3n) is 11.1. The second kappa shape index (κ2) is 10.2. The van der Waals surface area contributed by atoms with Crippen molar-refractivity contribution < 1.29 is 48.0 Å². The van der Waals surface area contributed by atoms with E-state index in [1.54, 1.807) is 19.9 Å². The Morgan fingerprint density at radius 1 is 1.10 bits per heavy atom. The summed E-state index contributed by atoms with van der Waals surface area (Å²) in [5.74, 6) is -4.32. The van der Waals surface area contributed by atoms with E-state index in [1.165, 1.54) is 13.2 Å². The second-order valence-electron chi connectivity index (χ2n) is 13.4. The van der Waals surface area contributed by atoms with E-state index in [0.29, 0.717) is 18.4 Å². The van der Waals surface area contributed by atoms with E-state index in [1.807, 2.05) is 33.8 Å². The molecule has 0 unspecified atom stereocenters. The Balaban J connectivity index is 1.66. The maximum absolute atomic E-state index is 14.4. The van der Waals surface area contributed by atoms with Crippen LogP contribution in [0.15, 0.2) is 34.9 Å². The number of cyclic esters (lactones) is 2. The molecule has 0 aromatic carbocycles. The number of hydrogen-bond donors (Lipinski definition) is 1. The summed E-state index contributed by atoms with van der Waals surface area (Å²) in [7, 11) is 1.31. The molecule has 2 heterocycles. The lowest BCUT2D eigenvalue weighted by Gasteiger charge is -2.63. The predicted octanol–water partition coefficient (Wildman–Crippen LogP) is 3.36. The highest BCUT2D eigenvalue weighted by molar-refractivity contribution is 5.95. The lowest BCUT2D eigenvalue weighted by Crippen LogP contribution is -2.67. The van der Waals surface area contributed by atoms with Gasteiger partial charge < -0.3 is 24.1 Å². The molecule has 1 saturated heterocycles. The normalized spacial score (nSPS) is 40.5. The van der Waals surface area contributed by atoms with Crippen LogP contribution >= 0.6 is 0 Å². The minimum absolute atomic E-state index is 0.0396. The van der Waals surface area contributed by atoms with Gasteiger partial charge in [0.25, 0.3) is 0 Å². The molecule has 2 bridgehead atoms. The molecule has 1 N–H and O–H groups in total. The molecule has 0 spiro atoms. The molecule has 9 atom stereocenters. The highest BCUT2D eigenvalue weighted by atomic mass is 16.6. The van der Waals surface area contributed by atoms with Gasteiger partial charge in [-0.05, 0) is 50.5 Å². The Morgan fingerprint density at radius 3 is 2.38 bits per heavy atom. The highest BCUT2D eigenvalue weighted by Gasteiger charge is 2.69. The summed E-state index contributed by atoms with van der Waals surface area (Å²) in [6, 6.07) is 0. The molecule has 0 aromatic heterocycles. The van der Waals surface area contributed by atoms with Gasteiger partial charge in [0.2, 0.25) is 6.29 Å². The largest absolute Gasteiger partial charge is 0.469 e. The Labute approximate surface area is 245 Å². The van der Waals surface area contributed by atoms with Crippen molar-refractivity contribution in [2.75, 3.05) is 7.11 Å². The number of esters is 4. The van der Waals surface area contributed by atoms with Crippen LogP contribution in [0.3, 0.4) is 0 Å². The summed E-state index contributed by atoms with van der Waals surface area (Å²) in [5, 5.41) is 9.94. The average molecular weight is 585 g/mol. The molecule has 10 nitrogen and oxygen atoms in total. The summed E-state index contributed by atoms with van der Waals surface area (Å²) in [6.45, 7) is 11.1. The summed E-state index contributed by atoms with van der Waals surface area (Å²) in [6.07, 6.45) is 2.68. The molecular formula is C32H40O10. The van der Waals surface area contributed by atoms with Crippen LogP contribution in [0.5, 0.6) is 0 Å². The summed E-state index contributed by atoms with van der Waals surface area (Å²) < 4.78 is 21.8. The summed E-state index contributed by atoms with van der Waals surface area (Å²) >= 11 is 0. The van der Waals surface area contributed by atoms with E-state index in [-0.39, 0.29) is 30.1 Å². The molecule has 5 rings (SSSR count). The van der Waals surface area contributed by atoms with Crippen LogP contribution in [0, 0.1) is 39.9 Å². The lowest BCUT2D eigenvalue weighted by atomic mass is 9.40. The number of carbonyl (C=O) groups excluding carboxylic acids is 5. The standard InChI is InChI=1S/C32H40O10/c1-8-15(2)28(37)42-26-17-11-16-19(32(6,25(17)36)21(30(26,3)4)14-22(33)39-7)9-10-31(5)20(16)13-24(35)40-27(31)18-12-23(34)41-29(18)38/h8,11-12,17,19-21,23,26-27,34H,9-10,13-14H2,1-7H3/b15-8+/t17-,19+,20+,21+,23+,26-,27+,31-,32-/m1/s1. The number of aliphatic hydroxyl groups is 1. The van der Waals surface area contributed by atoms with Gasteiger partial charge in [0.1, 0.15) is 18.0 Å². The number of allylic oxidation sites excluding steroid dienone is 2. The number of hydrogen-bond acceptors (Lipinski definition) is 10. The van der Waals surface area contributed by atoms with Gasteiger partial charge in [0, 0.05) is 28.2 Å². The number of fused-ring (bicyclic) bond motifs is 6. The molecule has 3 aliphatic carbocycles. The third-order valence-corrected chi connectivity index (χ3v) is 11.1. The highest BCUT2D eigenvalue weighted by Crippen LogP contribution is 2.67. The molecule has 2 aliphatic heterocycles. The smallest absolute Gasteiger partial charge is 0.340 e. The van der Waals surface area contributed by atoms with Crippen molar-refractivity contribution >= 4 is 29.7 Å². The predicted molar refractivity (Wildman–Crippen MR) is 147 cm³/mol. The van der Waals surface area contributed by atoms with Gasteiger partial charge in [-0.15, -0.1) is 0 Å². The zero-order valence-electron chi connectivity index (χ0n) is 25.2. The molecule has 0 aromatic rings. The zero-order valence-corrected chi connectivity index (χ0v) is 25.2. The van der Waals surface area contributed by atoms with E-state index >= 15 is 0 Å². The minimum atomic E-state index is -1.41. The monoisotopic (exact) mass is 584 g/mol. The Hall–Kier alpha value is -3.27. The van der Waals surface area contributed by atoms with Crippen molar-refractivity contribution in [2.45, 2.75) is 85.7 Å². The number of rotatable bonds is 5. The maximum Gasteiger partial charge on any atom is 0.340 e. The number of ether oxygens (including phenoxy) is 4. The lowest BCUT2D eigenvalue weighted by molar-refractivity contribution is -0.194. The number of Topliss-reactive ketones (excluding diaryl/α,β-unsaturated/α-hetero) is 1. The van der Waals surface area contributed by atoms with Crippen molar-refractivity contribution in [1.82, 2.24) is 0 Å². The van der Waals surface area contributed by atoms with E-state index in [9.17, 15) is 29.1 Å². The van der Waals surface area contributed by atoms with Gasteiger partial charge in [0.05, 0.1) is 25.0 Å². The third kappa shape index (κ3) is 4.28. The number of methoxy groups -OCH3 is 1. The molecule has 5 aliphatic rings. The summed E-state index contributed by atoms with van der Waals surface area (Å²) in [5.41, 5.74) is -1.11. The quantitative estimate of drug-likeness (QED) is 0.221. The molecule has 10 heteroatoms. The molecular weight excluding hydrogens is 544 g/mol. The fourth-order valence-corrected chi connectivity index (χ4v) is 8.65. The van der Waals surface area contributed by atoms with Gasteiger partial charge in [-0.25, -0.2) is 9.59 Å². The second-order valence-corrected chi connectivity index (χ2v) is 13.4. The van der Waals surface area contributed by atoms with Gasteiger partial charge in [0.15, 0.2) is 0 Å². The van der Waals surface area contributed by atoms with Crippen molar-refractivity contribution in [1.29, 1.82) is 0 Å². The Bertz CT molecular complexity index is 1340.